The van der Waals surface area contributed by atoms with Gasteiger partial charge in [0, 0.05) is 5.38 Å². The topological polar surface area (TPSA) is 104 Å². The van der Waals surface area contributed by atoms with Crippen LogP contribution in [0.25, 0.3) is 11.1 Å². The quantitative estimate of drug-likeness (QED) is 0.321. The molecule has 8 heteroatoms. The molecule has 0 spiro atoms. The van der Waals surface area contributed by atoms with Gasteiger partial charge in [-0.15, -0.1) is 11.3 Å². The summed E-state index contributed by atoms with van der Waals surface area (Å²) in [5, 5.41) is 24.8. The van der Waals surface area contributed by atoms with Gasteiger partial charge in [0.25, 0.3) is 0 Å². The molecule has 5 N–H and O–H groups in total. The van der Waals surface area contributed by atoms with Crippen LogP contribution < -0.4 is 16.6 Å². The molecular formula is C16H15BN4O2S. The molecule has 3 aromatic rings. The van der Waals surface area contributed by atoms with Crippen molar-refractivity contribution in [3.05, 3.63) is 59.5 Å². The third kappa shape index (κ3) is 3.99. The van der Waals surface area contributed by atoms with Crippen molar-refractivity contribution in [2.45, 2.75) is 0 Å². The maximum atomic E-state index is 9.14. The van der Waals surface area contributed by atoms with Crippen LogP contribution in [0.15, 0.2) is 59.0 Å². The zero-order valence-corrected chi connectivity index (χ0v) is 13.4. The number of nitrogens with one attached hydrogen (secondary N) is 1. The number of aromatic nitrogens is 1. The summed E-state index contributed by atoms with van der Waals surface area (Å²) in [5.41, 5.74) is 11.8. The summed E-state index contributed by atoms with van der Waals surface area (Å²) in [6.07, 6.45) is 1.70. The maximum Gasteiger partial charge on any atom is 0.488 e. The van der Waals surface area contributed by atoms with E-state index in [2.05, 4.69) is 15.5 Å². The molecule has 24 heavy (non-hydrogen) atoms. The molecule has 0 aliphatic carbocycles. The van der Waals surface area contributed by atoms with Crippen molar-refractivity contribution in [1.29, 1.82) is 0 Å². The number of nitrogens with two attached hydrogens (primary N) is 1. The second-order valence-electron chi connectivity index (χ2n) is 5.07. The van der Waals surface area contributed by atoms with Gasteiger partial charge in [-0.2, -0.15) is 5.10 Å². The molecule has 0 atom stereocenters. The largest absolute Gasteiger partial charge is 0.488 e. The Morgan fingerprint density at radius 3 is 2.58 bits per heavy atom. The van der Waals surface area contributed by atoms with Gasteiger partial charge in [0.05, 0.1) is 6.21 Å². The molecule has 0 aliphatic heterocycles. The molecule has 120 valence electrons. The number of benzene rings is 2. The average Bonchev–Trinajstić information content (AvgIpc) is 3.00. The van der Waals surface area contributed by atoms with E-state index in [0.29, 0.717) is 16.4 Å². The van der Waals surface area contributed by atoms with E-state index >= 15 is 0 Å². The summed E-state index contributed by atoms with van der Waals surface area (Å²) < 4.78 is 0. The SMILES string of the molecule is Nc1csc(NN=Cc2cccc(-c3ccc(B(O)O)cc3)c2)n1. The number of hydrazone groups is 1. The molecule has 0 saturated carbocycles. The highest BCUT2D eigenvalue weighted by Gasteiger charge is 2.10. The third-order valence-electron chi connectivity index (χ3n) is 3.32. The highest BCUT2D eigenvalue weighted by Crippen LogP contribution is 2.19. The number of thiazole rings is 1. The molecule has 0 unspecified atom stereocenters. The normalized spacial score (nSPS) is 10.9. The minimum absolute atomic E-state index is 0.461. The second kappa shape index (κ2) is 7.26. The predicted molar refractivity (Wildman–Crippen MR) is 99.4 cm³/mol. The van der Waals surface area contributed by atoms with Gasteiger partial charge in [0.15, 0.2) is 0 Å². The first-order valence-corrected chi connectivity index (χ1v) is 8.06. The maximum absolute atomic E-state index is 9.14. The van der Waals surface area contributed by atoms with Crippen molar-refractivity contribution in [3.8, 4) is 11.1 Å². The van der Waals surface area contributed by atoms with E-state index in [9.17, 15) is 0 Å². The standard InChI is InChI=1S/C16H15BN4O2S/c18-15-10-24-16(20-15)21-19-9-11-2-1-3-13(8-11)12-4-6-14(7-5-12)17(22)23/h1-10,22-23H,18H2,(H,20,21). The lowest BCUT2D eigenvalue weighted by Gasteiger charge is -2.05. The van der Waals surface area contributed by atoms with Crippen LogP contribution in [0.5, 0.6) is 0 Å². The van der Waals surface area contributed by atoms with Crippen LogP contribution in [0.4, 0.5) is 10.9 Å². The van der Waals surface area contributed by atoms with Crippen molar-refractivity contribution >= 4 is 41.1 Å². The first kappa shape index (κ1) is 16.2. The number of nitrogen functional groups attached to an aromatic ring is 1. The molecule has 1 aromatic heterocycles. The number of anilines is 2. The van der Waals surface area contributed by atoms with Crippen LogP contribution in [-0.4, -0.2) is 28.4 Å². The fourth-order valence-electron chi connectivity index (χ4n) is 2.15. The van der Waals surface area contributed by atoms with E-state index in [1.807, 2.05) is 36.4 Å². The van der Waals surface area contributed by atoms with Gasteiger partial charge < -0.3 is 15.8 Å². The number of rotatable bonds is 5. The van der Waals surface area contributed by atoms with Crippen molar-refractivity contribution in [1.82, 2.24) is 4.98 Å². The summed E-state index contributed by atoms with van der Waals surface area (Å²) in [7, 11) is -1.46. The van der Waals surface area contributed by atoms with Gasteiger partial charge in [-0.1, -0.05) is 42.5 Å². The van der Waals surface area contributed by atoms with E-state index in [1.54, 1.807) is 23.7 Å². The van der Waals surface area contributed by atoms with E-state index in [0.717, 1.165) is 16.7 Å². The van der Waals surface area contributed by atoms with Crippen molar-refractivity contribution in [3.63, 3.8) is 0 Å². The van der Waals surface area contributed by atoms with Crippen LogP contribution in [0.2, 0.25) is 0 Å². The van der Waals surface area contributed by atoms with E-state index in [4.69, 9.17) is 15.8 Å². The Labute approximate surface area is 143 Å². The summed E-state index contributed by atoms with van der Waals surface area (Å²) in [6, 6.07) is 14.9. The molecule has 0 bridgehead atoms. The van der Waals surface area contributed by atoms with Crippen LogP contribution in [0.3, 0.4) is 0 Å². The summed E-state index contributed by atoms with van der Waals surface area (Å²) in [5.74, 6) is 0.469. The van der Waals surface area contributed by atoms with Gasteiger partial charge >= 0.3 is 7.12 Å². The highest BCUT2D eigenvalue weighted by molar-refractivity contribution is 7.14. The molecule has 0 amide bonds. The second-order valence-corrected chi connectivity index (χ2v) is 5.93. The first-order chi connectivity index (χ1) is 11.6. The minimum Gasteiger partial charge on any atom is -0.423 e. The van der Waals surface area contributed by atoms with Crippen molar-refractivity contribution in [2.24, 2.45) is 5.10 Å². The molecule has 0 radical (unpaired) electrons. The molecule has 0 fully saturated rings. The van der Waals surface area contributed by atoms with Crippen LogP contribution >= 0.6 is 11.3 Å². The lowest BCUT2D eigenvalue weighted by Crippen LogP contribution is -2.29. The molecule has 3 rings (SSSR count). The average molecular weight is 338 g/mol. The molecule has 1 heterocycles. The Morgan fingerprint density at radius 1 is 1.12 bits per heavy atom. The van der Waals surface area contributed by atoms with Crippen molar-refractivity contribution in [2.75, 3.05) is 11.2 Å². The number of hydrogen-bond donors (Lipinski definition) is 4. The molecular weight excluding hydrogens is 323 g/mol. The Balaban J connectivity index is 1.73. The monoisotopic (exact) mass is 338 g/mol. The van der Waals surface area contributed by atoms with E-state index in [-0.39, 0.29) is 0 Å². The van der Waals surface area contributed by atoms with Crippen molar-refractivity contribution < 1.29 is 10.0 Å². The van der Waals surface area contributed by atoms with Gasteiger partial charge in [0.2, 0.25) is 5.13 Å². The summed E-state index contributed by atoms with van der Waals surface area (Å²) in [6.45, 7) is 0. The van der Waals surface area contributed by atoms with Crippen LogP contribution in [0, 0.1) is 0 Å². The Bertz CT molecular complexity index is 849. The van der Waals surface area contributed by atoms with Crippen LogP contribution in [0.1, 0.15) is 5.56 Å². The zero-order valence-electron chi connectivity index (χ0n) is 12.6. The molecule has 0 saturated heterocycles. The van der Waals surface area contributed by atoms with Gasteiger partial charge in [-0.3, -0.25) is 5.43 Å². The summed E-state index contributed by atoms with van der Waals surface area (Å²) in [4.78, 5) is 4.06. The number of nitrogens with zero attached hydrogens (tertiary/aromatic N) is 2. The van der Waals surface area contributed by atoms with E-state index < -0.39 is 7.12 Å². The molecule has 2 aromatic carbocycles. The van der Waals surface area contributed by atoms with E-state index in [1.165, 1.54) is 11.3 Å². The predicted octanol–water partition coefficient (Wildman–Crippen LogP) is 1.52. The highest BCUT2D eigenvalue weighted by atomic mass is 32.1. The summed E-state index contributed by atoms with van der Waals surface area (Å²) >= 11 is 1.39. The Morgan fingerprint density at radius 2 is 1.92 bits per heavy atom. The minimum atomic E-state index is -1.46. The van der Waals surface area contributed by atoms with Crippen LogP contribution in [-0.2, 0) is 0 Å². The smallest absolute Gasteiger partial charge is 0.423 e. The van der Waals surface area contributed by atoms with Gasteiger partial charge in [-0.25, -0.2) is 4.98 Å². The molecule has 6 nitrogen and oxygen atoms in total. The fourth-order valence-corrected chi connectivity index (χ4v) is 2.69. The first-order valence-electron chi connectivity index (χ1n) is 7.18. The fraction of sp³-hybridized carbons (Fsp3) is 0. The molecule has 0 aliphatic rings. The Hall–Kier alpha value is -2.68. The zero-order chi connectivity index (χ0) is 16.9. The third-order valence-corrected chi connectivity index (χ3v) is 4.09. The van der Waals surface area contributed by atoms with Gasteiger partial charge in [0.1, 0.15) is 5.82 Å². The van der Waals surface area contributed by atoms with Gasteiger partial charge in [-0.05, 0) is 28.2 Å². The lowest BCUT2D eigenvalue weighted by molar-refractivity contribution is 0.426. The lowest BCUT2D eigenvalue weighted by atomic mass is 9.80. The Kier molecular flexibility index (Phi) is 4.90. The number of hydrogen-bond acceptors (Lipinski definition) is 7.